The molecule has 1 aliphatic rings. The van der Waals surface area contributed by atoms with E-state index < -0.39 is 52.0 Å². The predicted octanol–water partition coefficient (Wildman–Crippen LogP) is 5.47. The van der Waals surface area contributed by atoms with Crippen molar-refractivity contribution in [1.29, 1.82) is 0 Å². The number of nitrogens with two attached hydrogens (primary N) is 1. The van der Waals surface area contributed by atoms with Gasteiger partial charge in [0.15, 0.2) is 0 Å². The van der Waals surface area contributed by atoms with E-state index in [-0.39, 0.29) is 43.5 Å². The summed E-state index contributed by atoms with van der Waals surface area (Å²) in [5, 5.41) is 6.02. The third-order valence-electron chi connectivity index (χ3n) is 7.20. The molecule has 6 nitrogen and oxygen atoms in total. The van der Waals surface area contributed by atoms with Crippen molar-refractivity contribution in [3.05, 3.63) is 70.8 Å². The Balaban J connectivity index is 1.91. The van der Waals surface area contributed by atoms with Gasteiger partial charge in [-0.05, 0) is 49.1 Å². The van der Waals surface area contributed by atoms with E-state index in [1.807, 2.05) is 0 Å². The van der Waals surface area contributed by atoms with Crippen molar-refractivity contribution in [2.45, 2.75) is 70.1 Å². The molecule has 0 aromatic heterocycles. The fourth-order valence-electron chi connectivity index (χ4n) is 4.49. The molecule has 3 rings (SSSR count). The van der Waals surface area contributed by atoms with Gasteiger partial charge >= 0.3 is 12.4 Å². The van der Waals surface area contributed by atoms with E-state index in [1.165, 1.54) is 6.92 Å². The molecule has 0 saturated carbocycles. The lowest BCUT2D eigenvalue weighted by Crippen LogP contribution is -2.70. The van der Waals surface area contributed by atoms with E-state index in [9.17, 15) is 35.9 Å². The maximum atomic E-state index is 13.4. The normalized spacial score (nSPS) is 22.9. The molecule has 0 bridgehead atoms. The van der Waals surface area contributed by atoms with Crippen LogP contribution in [-0.4, -0.2) is 30.5 Å². The van der Waals surface area contributed by atoms with Crippen LogP contribution in [0.15, 0.2) is 48.5 Å². The van der Waals surface area contributed by atoms with E-state index in [0.29, 0.717) is 12.1 Å². The number of hydrogen-bond donors (Lipinski definition) is 3. The van der Waals surface area contributed by atoms with Crippen LogP contribution in [-0.2, 0) is 32.2 Å². The molecule has 0 radical (unpaired) electrons. The second-order valence-electron chi connectivity index (χ2n) is 11.2. The minimum Gasteiger partial charge on any atom is -0.372 e. The van der Waals surface area contributed by atoms with Crippen LogP contribution in [0.25, 0.3) is 0 Å². The highest BCUT2D eigenvalue weighted by molar-refractivity contribution is 5.92. The molecule has 40 heavy (non-hydrogen) atoms. The highest BCUT2D eigenvalue weighted by atomic mass is 19.4. The third-order valence-corrected chi connectivity index (χ3v) is 7.20. The highest BCUT2D eigenvalue weighted by Crippen LogP contribution is 2.40. The van der Waals surface area contributed by atoms with Crippen LogP contribution in [0.4, 0.5) is 26.3 Å². The lowest BCUT2D eigenvalue weighted by Gasteiger charge is -2.47. The zero-order valence-corrected chi connectivity index (χ0v) is 22.6. The van der Waals surface area contributed by atoms with Gasteiger partial charge in [0.25, 0.3) is 0 Å². The van der Waals surface area contributed by atoms with Gasteiger partial charge in [-0.2, -0.15) is 26.3 Å². The Morgan fingerprint density at radius 1 is 0.975 bits per heavy atom. The summed E-state index contributed by atoms with van der Waals surface area (Å²) in [7, 11) is 0. The van der Waals surface area contributed by atoms with Gasteiger partial charge in [0, 0.05) is 12.0 Å². The fourth-order valence-corrected chi connectivity index (χ4v) is 4.49. The van der Waals surface area contributed by atoms with Crippen LogP contribution in [0, 0.1) is 5.41 Å². The molecule has 1 aliphatic heterocycles. The summed E-state index contributed by atoms with van der Waals surface area (Å²) in [5.41, 5.74) is 0.110. The van der Waals surface area contributed by atoms with Crippen LogP contribution >= 0.6 is 0 Å². The topological polar surface area (TPSA) is 93.4 Å². The molecule has 1 unspecified atom stereocenters. The molecule has 2 aromatic rings. The van der Waals surface area contributed by atoms with Crippen LogP contribution in [0.2, 0.25) is 0 Å². The van der Waals surface area contributed by atoms with Crippen LogP contribution in [0.3, 0.4) is 0 Å². The molecular formula is C28H33F6N3O3. The van der Waals surface area contributed by atoms with E-state index in [4.69, 9.17) is 10.5 Å². The van der Waals surface area contributed by atoms with Gasteiger partial charge < -0.3 is 21.1 Å². The van der Waals surface area contributed by atoms with Crippen LogP contribution < -0.4 is 16.4 Å². The molecule has 0 aliphatic carbocycles. The Kier molecular flexibility index (Phi) is 8.67. The SMILES string of the molecule is CC(OC[C@@]1(c2ccccc2)CC[C@@](NC(=O)C(C)(C)C)(C(N)=O)CN1)c1cc(C(F)(F)F)cc(C(F)(F)F)c1. The molecule has 2 amide bonds. The number of carbonyl (C=O) groups excluding carboxylic acids is 2. The Morgan fingerprint density at radius 3 is 1.95 bits per heavy atom. The maximum absolute atomic E-state index is 13.4. The minimum atomic E-state index is -4.98. The number of ether oxygens (including phenoxy) is 1. The first-order valence-corrected chi connectivity index (χ1v) is 12.6. The lowest BCUT2D eigenvalue weighted by molar-refractivity contribution is -0.143. The number of primary amides is 1. The number of nitrogens with one attached hydrogen (secondary N) is 2. The van der Waals surface area contributed by atoms with Crippen LogP contribution in [0.1, 0.15) is 68.9 Å². The van der Waals surface area contributed by atoms with Crippen molar-refractivity contribution in [2.24, 2.45) is 11.1 Å². The fraction of sp³-hybridized carbons (Fsp3) is 0.500. The number of piperidine rings is 1. The first kappa shape index (κ1) is 31.4. The summed E-state index contributed by atoms with van der Waals surface area (Å²) in [5.74, 6) is -1.12. The average molecular weight is 574 g/mol. The monoisotopic (exact) mass is 573 g/mol. The van der Waals surface area contributed by atoms with Crippen molar-refractivity contribution in [3.63, 3.8) is 0 Å². The second-order valence-corrected chi connectivity index (χ2v) is 11.2. The van der Waals surface area contributed by atoms with Gasteiger partial charge in [-0.15, -0.1) is 0 Å². The summed E-state index contributed by atoms with van der Waals surface area (Å²) in [4.78, 5) is 25.2. The molecular weight excluding hydrogens is 540 g/mol. The van der Waals surface area contributed by atoms with Crippen molar-refractivity contribution in [3.8, 4) is 0 Å². The molecule has 4 N–H and O–H groups in total. The van der Waals surface area contributed by atoms with Gasteiger partial charge in [-0.25, -0.2) is 0 Å². The molecule has 1 fully saturated rings. The smallest absolute Gasteiger partial charge is 0.372 e. The molecule has 3 atom stereocenters. The van der Waals surface area contributed by atoms with E-state index in [2.05, 4.69) is 10.6 Å². The highest BCUT2D eigenvalue weighted by Gasteiger charge is 2.49. The van der Waals surface area contributed by atoms with Crippen molar-refractivity contribution in [2.75, 3.05) is 13.2 Å². The van der Waals surface area contributed by atoms with Gasteiger partial charge in [-0.3, -0.25) is 9.59 Å². The molecule has 2 aromatic carbocycles. The first-order chi connectivity index (χ1) is 18.3. The Bertz CT molecular complexity index is 1180. The van der Waals surface area contributed by atoms with Gasteiger partial charge in [0.2, 0.25) is 11.8 Å². The van der Waals surface area contributed by atoms with E-state index >= 15 is 0 Å². The largest absolute Gasteiger partial charge is 0.416 e. The number of amides is 2. The molecule has 1 heterocycles. The third kappa shape index (κ3) is 6.95. The number of rotatable bonds is 7. The molecule has 0 spiro atoms. The number of halogens is 6. The average Bonchev–Trinajstić information content (AvgIpc) is 2.86. The lowest BCUT2D eigenvalue weighted by atomic mass is 9.75. The Morgan fingerprint density at radius 2 is 1.52 bits per heavy atom. The summed E-state index contributed by atoms with van der Waals surface area (Å²) in [6.45, 7) is 6.21. The number of hydrogen-bond acceptors (Lipinski definition) is 4. The number of carbonyl (C=O) groups is 2. The van der Waals surface area contributed by atoms with E-state index in [0.717, 1.165) is 5.56 Å². The summed E-state index contributed by atoms with van der Waals surface area (Å²) in [6, 6.07) is 10.2. The second kappa shape index (κ2) is 11.0. The van der Waals surface area contributed by atoms with Crippen molar-refractivity contribution in [1.82, 2.24) is 10.6 Å². The summed E-state index contributed by atoms with van der Waals surface area (Å²) < 4.78 is 86.2. The quantitative estimate of drug-likeness (QED) is 0.383. The Hall–Kier alpha value is -3.12. The molecule has 220 valence electrons. The number of benzene rings is 2. The maximum Gasteiger partial charge on any atom is 0.416 e. The first-order valence-electron chi connectivity index (χ1n) is 12.6. The summed E-state index contributed by atoms with van der Waals surface area (Å²) in [6.07, 6.45) is -10.8. The van der Waals surface area contributed by atoms with Crippen LogP contribution in [0.5, 0.6) is 0 Å². The zero-order valence-electron chi connectivity index (χ0n) is 22.6. The van der Waals surface area contributed by atoms with Crippen molar-refractivity contribution < 1.29 is 40.7 Å². The summed E-state index contributed by atoms with van der Waals surface area (Å²) >= 11 is 0. The number of alkyl halides is 6. The zero-order chi connectivity index (χ0) is 30.1. The van der Waals surface area contributed by atoms with Crippen molar-refractivity contribution >= 4 is 11.8 Å². The van der Waals surface area contributed by atoms with Gasteiger partial charge in [0.1, 0.15) is 5.54 Å². The van der Waals surface area contributed by atoms with Gasteiger partial charge in [0.05, 0.1) is 29.4 Å². The molecule has 12 heteroatoms. The minimum absolute atomic E-state index is 0.0691. The standard InChI is InChI=1S/C28H33F6N3O3/c1-17(18-12-20(27(29,30)31)14-21(13-18)28(32,33)34)40-16-26(19-8-6-5-7-9-19)11-10-25(15-36-26,22(35)38)37-23(39)24(2,3)4/h5-9,12-14,17,36H,10-11,15-16H2,1-4H3,(H2,35,38)(H,37,39)/t17?,25-,26+/m0/s1. The molecule has 1 saturated heterocycles. The van der Waals surface area contributed by atoms with E-state index in [1.54, 1.807) is 51.1 Å². The Labute approximate surface area is 228 Å². The van der Waals surface area contributed by atoms with Gasteiger partial charge in [-0.1, -0.05) is 51.1 Å². The predicted molar refractivity (Wildman–Crippen MR) is 136 cm³/mol.